The minimum Gasteiger partial charge on any atom is -0.352 e. The van der Waals surface area contributed by atoms with Crippen molar-refractivity contribution >= 4 is 17.5 Å². The minimum atomic E-state index is -0.995. The number of rotatable bonds is 3. The maximum atomic E-state index is 13.3. The third-order valence-electron chi connectivity index (χ3n) is 5.37. The van der Waals surface area contributed by atoms with E-state index in [9.17, 15) is 13.6 Å². The number of carbonyl (C=O) groups is 1. The lowest BCUT2D eigenvalue weighted by molar-refractivity contribution is 0.208. The van der Waals surface area contributed by atoms with Crippen LogP contribution in [0.15, 0.2) is 48.5 Å². The van der Waals surface area contributed by atoms with Crippen molar-refractivity contribution in [3.8, 4) is 11.3 Å². The van der Waals surface area contributed by atoms with E-state index >= 15 is 0 Å². The Balaban J connectivity index is 1.36. The number of benzene rings is 2. The summed E-state index contributed by atoms with van der Waals surface area (Å²) < 4.78 is 26.4. The molecule has 4 rings (SSSR count). The summed E-state index contributed by atoms with van der Waals surface area (Å²) >= 11 is 0. The zero-order valence-electron chi connectivity index (χ0n) is 17.4. The fourth-order valence-electron chi connectivity index (χ4n) is 3.65. The van der Waals surface area contributed by atoms with Crippen LogP contribution in [0, 0.1) is 25.5 Å². The molecule has 2 amide bonds. The highest BCUT2D eigenvalue weighted by molar-refractivity contribution is 5.89. The van der Waals surface area contributed by atoms with Crippen LogP contribution in [-0.2, 0) is 0 Å². The van der Waals surface area contributed by atoms with Crippen LogP contribution in [0.1, 0.15) is 11.1 Å². The van der Waals surface area contributed by atoms with Gasteiger partial charge in [-0.15, -0.1) is 10.2 Å². The Kier molecular flexibility index (Phi) is 5.79. The van der Waals surface area contributed by atoms with E-state index in [1.165, 1.54) is 11.6 Å². The van der Waals surface area contributed by atoms with Crippen molar-refractivity contribution in [1.29, 1.82) is 0 Å². The Morgan fingerprint density at radius 3 is 2.32 bits per heavy atom. The monoisotopic (exact) mass is 423 g/mol. The van der Waals surface area contributed by atoms with E-state index in [1.54, 1.807) is 4.90 Å². The van der Waals surface area contributed by atoms with E-state index < -0.39 is 11.6 Å². The summed E-state index contributed by atoms with van der Waals surface area (Å²) in [6.45, 7) is 6.28. The fraction of sp³-hybridized carbons (Fsp3) is 0.261. The molecule has 160 valence electrons. The van der Waals surface area contributed by atoms with Gasteiger partial charge in [0.1, 0.15) is 0 Å². The molecule has 31 heavy (non-hydrogen) atoms. The van der Waals surface area contributed by atoms with Crippen molar-refractivity contribution in [3.63, 3.8) is 0 Å². The molecule has 0 unspecified atom stereocenters. The van der Waals surface area contributed by atoms with Gasteiger partial charge in [-0.1, -0.05) is 23.8 Å². The van der Waals surface area contributed by atoms with Gasteiger partial charge < -0.3 is 15.1 Å². The van der Waals surface area contributed by atoms with Crippen LogP contribution < -0.4 is 10.2 Å². The van der Waals surface area contributed by atoms with Crippen molar-refractivity contribution in [2.24, 2.45) is 0 Å². The molecule has 1 saturated heterocycles. The number of hydrogen-bond donors (Lipinski definition) is 1. The third kappa shape index (κ3) is 4.63. The summed E-state index contributed by atoms with van der Waals surface area (Å²) in [5.41, 5.74) is 4.47. The van der Waals surface area contributed by atoms with Crippen molar-refractivity contribution < 1.29 is 13.6 Å². The lowest BCUT2D eigenvalue weighted by Gasteiger charge is -2.35. The molecule has 8 heteroatoms. The van der Waals surface area contributed by atoms with Gasteiger partial charge in [-0.2, -0.15) is 0 Å². The zero-order valence-corrected chi connectivity index (χ0v) is 17.4. The van der Waals surface area contributed by atoms with Crippen LogP contribution in [0.2, 0.25) is 0 Å². The Labute approximate surface area is 179 Å². The molecule has 1 aliphatic rings. The second-order valence-corrected chi connectivity index (χ2v) is 7.63. The average molecular weight is 423 g/mol. The van der Waals surface area contributed by atoms with E-state index in [0.717, 1.165) is 34.8 Å². The Morgan fingerprint density at radius 2 is 1.68 bits per heavy atom. The van der Waals surface area contributed by atoms with Crippen LogP contribution in [-0.4, -0.2) is 47.3 Å². The average Bonchev–Trinajstić information content (AvgIpc) is 2.77. The van der Waals surface area contributed by atoms with Crippen molar-refractivity contribution in [2.75, 3.05) is 36.4 Å². The normalized spacial score (nSPS) is 13.9. The quantitative estimate of drug-likeness (QED) is 0.679. The molecule has 0 atom stereocenters. The number of urea groups is 1. The van der Waals surface area contributed by atoms with Crippen LogP contribution in [0.3, 0.4) is 0 Å². The van der Waals surface area contributed by atoms with E-state index in [1.807, 2.05) is 12.1 Å². The molecule has 1 aromatic heterocycles. The molecule has 0 saturated carbocycles. The molecule has 1 aliphatic heterocycles. The van der Waals surface area contributed by atoms with Gasteiger partial charge in [0, 0.05) is 43.5 Å². The number of aryl methyl sites for hydroxylation is 2. The van der Waals surface area contributed by atoms with Crippen molar-refractivity contribution in [2.45, 2.75) is 13.8 Å². The second kappa shape index (κ2) is 8.67. The first-order chi connectivity index (χ1) is 14.9. The van der Waals surface area contributed by atoms with Gasteiger partial charge in [0.2, 0.25) is 0 Å². The molecule has 2 aromatic carbocycles. The van der Waals surface area contributed by atoms with Crippen LogP contribution in [0.25, 0.3) is 11.3 Å². The maximum Gasteiger partial charge on any atom is 0.321 e. The molecule has 0 radical (unpaired) electrons. The Hall–Kier alpha value is -3.55. The van der Waals surface area contributed by atoms with Gasteiger partial charge in [0.25, 0.3) is 0 Å². The SMILES string of the molecule is Cc1ccc(-c2ccc(N3CCN(C(=O)Nc4ccc(F)c(F)c4)CC3)nn2)c(C)c1. The first kappa shape index (κ1) is 20.7. The molecule has 0 aliphatic carbocycles. The molecule has 2 heterocycles. The maximum absolute atomic E-state index is 13.3. The summed E-state index contributed by atoms with van der Waals surface area (Å²) in [4.78, 5) is 16.1. The first-order valence-electron chi connectivity index (χ1n) is 10.1. The van der Waals surface area contributed by atoms with Gasteiger partial charge in [0.15, 0.2) is 17.5 Å². The van der Waals surface area contributed by atoms with Gasteiger partial charge >= 0.3 is 6.03 Å². The highest BCUT2D eigenvalue weighted by atomic mass is 19.2. The fourth-order valence-corrected chi connectivity index (χ4v) is 3.65. The predicted molar refractivity (Wildman–Crippen MR) is 116 cm³/mol. The number of halogens is 2. The highest BCUT2D eigenvalue weighted by Crippen LogP contribution is 2.23. The molecule has 6 nitrogen and oxygen atoms in total. The molecular weight excluding hydrogens is 400 g/mol. The van der Waals surface area contributed by atoms with Crippen LogP contribution in [0.5, 0.6) is 0 Å². The second-order valence-electron chi connectivity index (χ2n) is 7.63. The zero-order chi connectivity index (χ0) is 22.0. The summed E-state index contributed by atoms with van der Waals surface area (Å²) in [5.74, 6) is -1.18. The predicted octanol–water partition coefficient (Wildman–Crippen LogP) is 4.39. The van der Waals surface area contributed by atoms with E-state index in [2.05, 4.69) is 52.5 Å². The van der Waals surface area contributed by atoms with Crippen molar-refractivity contribution in [3.05, 3.63) is 71.3 Å². The van der Waals surface area contributed by atoms with E-state index in [-0.39, 0.29) is 11.7 Å². The van der Waals surface area contributed by atoms with E-state index in [4.69, 9.17) is 0 Å². The van der Waals surface area contributed by atoms with E-state index in [0.29, 0.717) is 26.2 Å². The van der Waals surface area contributed by atoms with Gasteiger partial charge in [-0.25, -0.2) is 13.6 Å². The summed E-state index contributed by atoms with van der Waals surface area (Å²) in [5, 5.41) is 11.4. The van der Waals surface area contributed by atoms with Gasteiger partial charge in [-0.05, 0) is 43.7 Å². The number of amides is 2. The standard InChI is InChI=1S/C23H23F2N5O/c1-15-3-5-18(16(2)13-15)21-7-8-22(28-27-21)29-9-11-30(12-10-29)23(31)26-17-4-6-19(24)20(25)14-17/h3-8,13-14H,9-12H2,1-2H3,(H,26,31). The number of carbonyl (C=O) groups excluding carboxylic acids is 1. The van der Waals surface area contributed by atoms with Crippen molar-refractivity contribution in [1.82, 2.24) is 15.1 Å². The molecule has 0 bridgehead atoms. The minimum absolute atomic E-state index is 0.221. The topological polar surface area (TPSA) is 61.4 Å². The largest absolute Gasteiger partial charge is 0.352 e. The Morgan fingerprint density at radius 1 is 0.903 bits per heavy atom. The highest BCUT2D eigenvalue weighted by Gasteiger charge is 2.22. The number of hydrogen-bond acceptors (Lipinski definition) is 4. The molecular formula is C23H23F2N5O. The number of piperazine rings is 1. The Bertz CT molecular complexity index is 1100. The summed E-state index contributed by atoms with van der Waals surface area (Å²) in [6.07, 6.45) is 0. The third-order valence-corrected chi connectivity index (χ3v) is 5.37. The molecule has 1 N–H and O–H groups in total. The number of aromatic nitrogens is 2. The summed E-state index contributed by atoms with van der Waals surface area (Å²) in [6, 6.07) is 13.1. The smallest absolute Gasteiger partial charge is 0.321 e. The number of nitrogens with one attached hydrogen (secondary N) is 1. The lowest BCUT2D eigenvalue weighted by atomic mass is 10.0. The first-order valence-corrected chi connectivity index (χ1v) is 10.1. The summed E-state index contributed by atoms with van der Waals surface area (Å²) in [7, 11) is 0. The molecule has 3 aromatic rings. The van der Waals surface area contributed by atoms with Crippen LogP contribution >= 0.6 is 0 Å². The van der Waals surface area contributed by atoms with Crippen LogP contribution in [0.4, 0.5) is 25.1 Å². The lowest BCUT2D eigenvalue weighted by Crippen LogP contribution is -2.50. The van der Waals surface area contributed by atoms with Gasteiger partial charge in [-0.3, -0.25) is 0 Å². The molecule has 0 spiro atoms. The molecule has 1 fully saturated rings. The van der Waals surface area contributed by atoms with Gasteiger partial charge in [0.05, 0.1) is 5.69 Å². The number of nitrogens with zero attached hydrogens (tertiary/aromatic N) is 4. The number of anilines is 2.